The Labute approximate surface area is 189 Å². The van der Waals surface area contributed by atoms with E-state index < -0.39 is 12.6 Å². The van der Waals surface area contributed by atoms with Crippen molar-refractivity contribution in [2.75, 3.05) is 11.6 Å². The lowest BCUT2D eigenvalue weighted by molar-refractivity contribution is -0.134. The number of ketones is 1. The summed E-state index contributed by atoms with van der Waals surface area (Å²) in [6, 6.07) is 10.6. The molecule has 1 amide bonds. The number of rotatable bonds is 6. The van der Waals surface area contributed by atoms with Crippen molar-refractivity contribution in [2.45, 2.75) is 33.6 Å². The molecule has 1 aliphatic heterocycles. The molecular weight excluding hydrogens is 428 g/mol. The summed E-state index contributed by atoms with van der Waals surface area (Å²) in [5.74, 6) is -1.21. The van der Waals surface area contributed by atoms with Crippen molar-refractivity contribution in [3.8, 4) is 5.13 Å². The Bertz CT molecular complexity index is 1230. The average Bonchev–Trinajstić information content (AvgIpc) is 3.34. The minimum atomic E-state index is -0.698. The summed E-state index contributed by atoms with van der Waals surface area (Å²) in [4.78, 5) is 42.0. The van der Waals surface area contributed by atoms with Crippen LogP contribution in [0.3, 0.4) is 0 Å². The maximum atomic E-state index is 12.8. The highest BCUT2D eigenvalue weighted by Gasteiger charge is 2.27. The summed E-state index contributed by atoms with van der Waals surface area (Å²) in [5, 5.41) is 8.10. The van der Waals surface area contributed by atoms with Gasteiger partial charge in [-0.1, -0.05) is 18.2 Å². The minimum Gasteiger partial charge on any atom is -0.453 e. The molecule has 0 saturated heterocycles. The van der Waals surface area contributed by atoms with E-state index in [-0.39, 0.29) is 30.2 Å². The Morgan fingerprint density at radius 1 is 1.12 bits per heavy atom. The SMILES string of the molecule is Cc1csc(-n2c(C)cc(C(=O)COC(=O)C3=NN(c4ccccc4)C(=O)CC3)c2C)n1. The fraction of sp³-hybridized carbons (Fsp3) is 0.261. The fourth-order valence-electron chi connectivity index (χ4n) is 3.55. The second-order valence-electron chi connectivity index (χ2n) is 7.48. The highest BCUT2D eigenvalue weighted by atomic mass is 32.1. The quantitative estimate of drug-likeness (QED) is 0.421. The van der Waals surface area contributed by atoms with Crippen molar-refractivity contribution in [3.63, 3.8) is 0 Å². The molecule has 8 nitrogen and oxygen atoms in total. The number of nitrogens with zero attached hydrogens (tertiary/aromatic N) is 4. The van der Waals surface area contributed by atoms with Gasteiger partial charge >= 0.3 is 5.97 Å². The molecule has 0 bridgehead atoms. The van der Waals surface area contributed by atoms with Gasteiger partial charge in [0.1, 0.15) is 5.71 Å². The molecule has 9 heteroatoms. The summed E-state index contributed by atoms with van der Waals surface area (Å²) >= 11 is 1.50. The molecular formula is C23H22N4O4S. The molecule has 32 heavy (non-hydrogen) atoms. The van der Waals surface area contributed by atoms with E-state index in [1.807, 2.05) is 36.8 Å². The number of esters is 1. The van der Waals surface area contributed by atoms with Crippen LogP contribution in [0.4, 0.5) is 5.69 Å². The normalized spacial score (nSPS) is 13.8. The van der Waals surface area contributed by atoms with Crippen molar-refractivity contribution >= 4 is 40.4 Å². The van der Waals surface area contributed by atoms with Gasteiger partial charge in [-0.2, -0.15) is 5.10 Å². The molecule has 2 aromatic heterocycles. The lowest BCUT2D eigenvalue weighted by Crippen LogP contribution is -2.35. The lowest BCUT2D eigenvalue weighted by atomic mass is 10.1. The minimum absolute atomic E-state index is 0.116. The van der Waals surface area contributed by atoms with Crippen LogP contribution in [0.25, 0.3) is 5.13 Å². The van der Waals surface area contributed by atoms with E-state index in [2.05, 4.69) is 10.1 Å². The molecule has 1 aromatic carbocycles. The smallest absolute Gasteiger partial charge is 0.354 e. The molecule has 4 rings (SSSR count). The van der Waals surface area contributed by atoms with E-state index in [4.69, 9.17) is 4.74 Å². The van der Waals surface area contributed by atoms with Crippen molar-refractivity contribution in [1.82, 2.24) is 9.55 Å². The Balaban J connectivity index is 1.46. The van der Waals surface area contributed by atoms with Gasteiger partial charge in [0.2, 0.25) is 11.7 Å². The predicted octanol–water partition coefficient (Wildman–Crippen LogP) is 3.77. The highest BCUT2D eigenvalue weighted by Crippen LogP contribution is 2.24. The molecule has 1 aliphatic rings. The number of aromatic nitrogens is 2. The van der Waals surface area contributed by atoms with Crippen molar-refractivity contribution in [1.29, 1.82) is 0 Å². The van der Waals surface area contributed by atoms with Crippen LogP contribution in [0.1, 0.15) is 40.3 Å². The number of thiazole rings is 1. The summed E-state index contributed by atoms with van der Waals surface area (Å²) in [5.41, 5.74) is 3.70. The predicted molar refractivity (Wildman–Crippen MR) is 122 cm³/mol. The molecule has 3 heterocycles. The average molecular weight is 451 g/mol. The van der Waals surface area contributed by atoms with Crippen molar-refractivity contribution < 1.29 is 19.1 Å². The van der Waals surface area contributed by atoms with Gasteiger partial charge in [0.15, 0.2) is 11.7 Å². The van der Waals surface area contributed by atoms with Crippen LogP contribution in [0.2, 0.25) is 0 Å². The largest absolute Gasteiger partial charge is 0.453 e. The number of Topliss-reactive ketones (excluding diaryl/α,β-unsaturated/α-hetero) is 1. The maximum Gasteiger partial charge on any atom is 0.354 e. The van der Waals surface area contributed by atoms with Gasteiger partial charge in [0.25, 0.3) is 0 Å². The van der Waals surface area contributed by atoms with Crippen molar-refractivity contribution in [2.24, 2.45) is 5.10 Å². The van der Waals surface area contributed by atoms with Gasteiger partial charge in [0.05, 0.1) is 11.4 Å². The van der Waals surface area contributed by atoms with Gasteiger partial charge in [0, 0.05) is 35.2 Å². The van der Waals surface area contributed by atoms with Gasteiger partial charge < -0.3 is 4.74 Å². The number of ether oxygens (including phenoxy) is 1. The Hall–Kier alpha value is -3.59. The third-order valence-corrected chi connectivity index (χ3v) is 6.08. The first-order valence-corrected chi connectivity index (χ1v) is 11.0. The third-order valence-electron chi connectivity index (χ3n) is 5.13. The van der Waals surface area contributed by atoms with E-state index in [9.17, 15) is 14.4 Å². The van der Waals surface area contributed by atoms with Crippen LogP contribution in [0.15, 0.2) is 46.9 Å². The molecule has 0 fully saturated rings. The number of amides is 1. The number of para-hydroxylation sites is 1. The number of hydrogen-bond donors (Lipinski definition) is 0. The molecule has 0 spiro atoms. The van der Waals surface area contributed by atoms with E-state index in [0.29, 0.717) is 11.3 Å². The zero-order valence-corrected chi connectivity index (χ0v) is 18.8. The monoisotopic (exact) mass is 450 g/mol. The molecule has 0 radical (unpaired) electrons. The van der Waals surface area contributed by atoms with Gasteiger partial charge in [-0.05, 0) is 39.0 Å². The van der Waals surface area contributed by atoms with Crippen LogP contribution in [-0.2, 0) is 14.3 Å². The maximum absolute atomic E-state index is 12.8. The summed E-state index contributed by atoms with van der Waals surface area (Å²) < 4.78 is 7.17. The van der Waals surface area contributed by atoms with E-state index in [0.717, 1.165) is 22.2 Å². The summed E-state index contributed by atoms with van der Waals surface area (Å²) in [6.45, 7) is 5.25. The fourth-order valence-corrected chi connectivity index (χ4v) is 4.46. The number of aryl methyl sites for hydroxylation is 2. The van der Waals surface area contributed by atoms with Crippen molar-refractivity contribution in [3.05, 3.63) is 64.4 Å². The number of benzene rings is 1. The summed E-state index contributed by atoms with van der Waals surface area (Å²) in [7, 11) is 0. The molecule has 164 valence electrons. The van der Waals surface area contributed by atoms with Crippen LogP contribution < -0.4 is 5.01 Å². The molecule has 0 N–H and O–H groups in total. The van der Waals surface area contributed by atoms with Gasteiger partial charge in [-0.15, -0.1) is 11.3 Å². The zero-order valence-electron chi connectivity index (χ0n) is 18.0. The lowest BCUT2D eigenvalue weighted by Gasteiger charge is -2.22. The van der Waals surface area contributed by atoms with Crippen LogP contribution in [0.5, 0.6) is 0 Å². The van der Waals surface area contributed by atoms with E-state index >= 15 is 0 Å². The van der Waals surface area contributed by atoms with Crippen LogP contribution in [-0.4, -0.2) is 39.5 Å². The number of anilines is 1. The van der Waals surface area contributed by atoms with Crippen LogP contribution >= 0.6 is 11.3 Å². The molecule has 0 unspecified atom stereocenters. The first-order valence-electron chi connectivity index (χ1n) is 10.1. The van der Waals surface area contributed by atoms with Crippen LogP contribution in [0, 0.1) is 20.8 Å². The Morgan fingerprint density at radius 2 is 1.88 bits per heavy atom. The second kappa shape index (κ2) is 8.88. The first-order chi connectivity index (χ1) is 15.3. The van der Waals surface area contributed by atoms with E-state index in [1.54, 1.807) is 30.3 Å². The Morgan fingerprint density at radius 3 is 2.56 bits per heavy atom. The third kappa shape index (κ3) is 4.24. The summed E-state index contributed by atoms with van der Waals surface area (Å²) in [6.07, 6.45) is 0.318. The topological polar surface area (TPSA) is 93.9 Å². The molecule has 0 aliphatic carbocycles. The first kappa shape index (κ1) is 21.6. The molecule has 0 saturated carbocycles. The standard InChI is InChI=1S/C23H22N4O4S/c1-14-13-32-23(24-14)26-15(2)11-18(16(26)3)20(28)12-31-22(30)19-9-10-21(29)27(25-19)17-7-5-4-6-8-17/h4-8,11,13H,9-10,12H2,1-3H3. The number of carbonyl (C=O) groups is 3. The van der Waals surface area contributed by atoms with E-state index in [1.165, 1.54) is 16.3 Å². The second-order valence-corrected chi connectivity index (χ2v) is 8.32. The highest BCUT2D eigenvalue weighted by molar-refractivity contribution is 7.12. The van der Waals surface area contributed by atoms with Gasteiger partial charge in [-0.3, -0.25) is 14.2 Å². The molecule has 0 atom stereocenters. The van der Waals surface area contributed by atoms with Gasteiger partial charge in [-0.25, -0.2) is 14.8 Å². The number of carbonyl (C=O) groups excluding carboxylic acids is 3. The molecule has 3 aromatic rings. The number of hydrazone groups is 1. The zero-order chi connectivity index (χ0) is 22.8. The number of hydrogen-bond acceptors (Lipinski definition) is 7. The Kier molecular flexibility index (Phi) is 6.00.